The number of aliphatic imine (C=N–C) groups is 2. The lowest BCUT2D eigenvalue weighted by atomic mass is 9.98. The van der Waals surface area contributed by atoms with Gasteiger partial charge in [0.05, 0.1) is 11.0 Å². The number of hydrogen-bond acceptors (Lipinski definition) is 5. The first-order chi connectivity index (χ1) is 28.2. The van der Waals surface area contributed by atoms with Gasteiger partial charge in [-0.15, -0.1) is 0 Å². The van der Waals surface area contributed by atoms with Crippen molar-refractivity contribution in [3.63, 3.8) is 0 Å². The molecule has 1 unspecified atom stereocenters. The Kier molecular flexibility index (Phi) is 6.89. The van der Waals surface area contributed by atoms with Gasteiger partial charge in [0.25, 0.3) is 0 Å². The minimum Gasteiger partial charge on any atom is -0.456 e. The number of benzene rings is 8. The van der Waals surface area contributed by atoms with Crippen LogP contribution in [-0.2, 0) is 0 Å². The van der Waals surface area contributed by atoms with Gasteiger partial charge in [-0.2, -0.15) is 0 Å². The van der Waals surface area contributed by atoms with E-state index in [0.29, 0.717) is 5.84 Å². The lowest BCUT2D eigenvalue weighted by Crippen LogP contribution is -2.33. The molecule has 0 saturated heterocycles. The number of amidine groups is 2. The molecule has 0 bridgehead atoms. The second kappa shape index (κ2) is 12.4. The zero-order valence-corrected chi connectivity index (χ0v) is 30.6. The molecule has 1 N–H and O–H groups in total. The highest BCUT2D eigenvalue weighted by molar-refractivity contribution is 6.16. The molecule has 3 aromatic heterocycles. The van der Waals surface area contributed by atoms with Crippen LogP contribution in [0.1, 0.15) is 22.9 Å². The monoisotopic (exact) mass is 732 g/mol. The summed E-state index contributed by atoms with van der Waals surface area (Å²) < 4.78 is 15.6. The minimum absolute atomic E-state index is 0.387. The quantitative estimate of drug-likeness (QED) is 0.192. The molecule has 0 spiro atoms. The Morgan fingerprint density at radius 1 is 0.474 bits per heavy atom. The van der Waals surface area contributed by atoms with E-state index in [1.807, 2.05) is 48.5 Å². The van der Waals surface area contributed by atoms with E-state index in [4.69, 9.17) is 18.8 Å². The summed E-state index contributed by atoms with van der Waals surface area (Å²) in [6, 6.07) is 63.1. The van der Waals surface area contributed by atoms with E-state index < -0.39 is 0 Å². The number of furan rings is 2. The van der Waals surface area contributed by atoms with Crippen molar-refractivity contribution in [1.82, 2.24) is 9.88 Å². The Hall–Kier alpha value is -7.70. The van der Waals surface area contributed by atoms with Gasteiger partial charge >= 0.3 is 0 Å². The van der Waals surface area contributed by atoms with Crippen molar-refractivity contribution in [2.75, 3.05) is 0 Å². The zero-order chi connectivity index (χ0) is 37.5. The van der Waals surface area contributed by atoms with E-state index in [0.717, 1.165) is 83.2 Å². The summed E-state index contributed by atoms with van der Waals surface area (Å²) in [5, 5.41) is 10.3. The van der Waals surface area contributed by atoms with Crippen LogP contribution in [0.25, 0.3) is 82.5 Å². The van der Waals surface area contributed by atoms with Crippen LogP contribution in [0.2, 0.25) is 0 Å². The maximum absolute atomic E-state index is 6.77. The van der Waals surface area contributed by atoms with Gasteiger partial charge in [0.1, 0.15) is 34.3 Å². The van der Waals surface area contributed by atoms with Crippen LogP contribution in [0.4, 0.5) is 0 Å². The van der Waals surface area contributed by atoms with Gasteiger partial charge in [0.2, 0.25) is 0 Å². The second-order valence-corrected chi connectivity index (χ2v) is 14.6. The van der Waals surface area contributed by atoms with Crippen molar-refractivity contribution in [1.29, 1.82) is 0 Å². The van der Waals surface area contributed by atoms with Gasteiger partial charge < -0.3 is 18.7 Å². The van der Waals surface area contributed by atoms with Crippen LogP contribution in [0.5, 0.6) is 0 Å². The standard InChI is InChI=1S/C51H32N4O2/c1-3-13-31(14-4-1)49-52-50(32-15-5-2-6-16-32)54-51(53-49)40-21-12-24-45-47(40)39-20-11-19-35(48(39)57-45)33-25-28-44-41(29-33)38-27-26-34(30-46(38)56-44)55-42-22-9-7-17-36(42)37-18-8-10-23-43(37)55/h1-30,51H,(H,52,53,54). The molecule has 8 aromatic carbocycles. The topological polar surface area (TPSA) is 68.0 Å². The third-order valence-corrected chi connectivity index (χ3v) is 11.3. The van der Waals surface area contributed by atoms with Crippen LogP contribution >= 0.6 is 0 Å². The van der Waals surface area contributed by atoms with E-state index in [-0.39, 0.29) is 6.17 Å². The van der Waals surface area contributed by atoms with Crippen LogP contribution in [0.15, 0.2) is 201 Å². The largest absolute Gasteiger partial charge is 0.456 e. The smallest absolute Gasteiger partial charge is 0.159 e. The molecule has 0 radical (unpaired) electrons. The molecule has 12 rings (SSSR count). The molecule has 6 nitrogen and oxygen atoms in total. The molecule has 6 heteroatoms. The highest BCUT2D eigenvalue weighted by Gasteiger charge is 2.25. The molecular weight excluding hydrogens is 701 g/mol. The second-order valence-electron chi connectivity index (χ2n) is 14.6. The third-order valence-electron chi connectivity index (χ3n) is 11.3. The van der Waals surface area contributed by atoms with E-state index in [9.17, 15) is 0 Å². The first-order valence-corrected chi connectivity index (χ1v) is 19.2. The van der Waals surface area contributed by atoms with Crippen molar-refractivity contribution in [3.8, 4) is 16.8 Å². The molecule has 1 aliphatic heterocycles. The zero-order valence-electron chi connectivity index (χ0n) is 30.6. The summed E-state index contributed by atoms with van der Waals surface area (Å²) in [5.74, 6) is 1.47. The van der Waals surface area contributed by atoms with Gasteiger partial charge in [0.15, 0.2) is 5.84 Å². The maximum Gasteiger partial charge on any atom is 0.159 e. The molecule has 4 heterocycles. The fourth-order valence-electron chi connectivity index (χ4n) is 8.67. The number of aromatic nitrogens is 1. The summed E-state index contributed by atoms with van der Waals surface area (Å²) >= 11 is 0. The lowest BCUT2D eigenvalue weighted by molar-refractivity contribution is 0.663. The molecule has 0 fully saturated rings. The van der Waals surface area contributed by atoms with Crippen LogP contribution in [0.3, 0.4) is 0 Å². The normalized spacial score (nSPS) is 14.5. The maximum atomic E-state index is 6.77. The fourth-order valence-corrected chi connectivity index (χ4v) is 8.67. The van der Waals surface area contributed by atoms with Crippen LogP contribution < -0.4 is 5.32 Å². The number of hydrogen-bond donors (Lipinski definition) is 1. The molecule has 57 heavy (non-hydrogen) atoms. The van der Waals surface area contributed by atoms with Gasteiger partial charge in [0, 0.05) is 66.3 Å². The Labute approximate surface area is 326 Å². The number of nitrogens with one attached hydrogen (secondary N) is 1. The van der Waals surface area contributed by atoms with Gasteiger partial charge in [-0.25, -0.2) is 9.98 Å². The average Bonchev–Trinajstić information content (AvgIpc) is 3.96. The van der Waals surface area contributed by atoms with Gasteiger partial charge in [-0.3, -0.25) is 0 Å². The SMILES string of the molecule is c1ccc(C2=NC(c3cccc4oc5c(-c6ccc7oc8cc(-n9c%10ccccc%10c%10ccccc%109)ccc8c7c6)cccc5c34)NC(c3ccccc3)=N2)cc1. The number of rotatable bonds is 5. The molecular formula is C51H32N4O2. The van der Waals surface area contributed by atoms with E-state index in [1.54, 1.807) is 0 Å². The number of para-hydroxylation sites is 3. The molecule has 11 aromatic rings. The average molecular weight is 733 g/mol. The lowest BCUT2D eigenvalue weighted by Gasteiger charge is -2.24. The molecule has 1 aliphatic rings. The Morgan fingerprint density at radius 2 is 1.18 bits per heavy atom. The van der Waals surface area contributed by atoms with Crippen LogP contribution in [-0.4, -0.2) is 16.2 Å². The van der Waals surface area contributed by atoms with E-state index in [2.05, 4.69) is 143 Å². The van der Waals surface area contributed by atoms with Crippen molar-refractivity contribution in [3.05, 3.63) is 199 Å². The summed E-state index contributed by atoms with van der Waals surface area (Å²) in [6.45, 7) is 0. The predicted molar refractivity (Wildman–Crippen MR) is 233 cm³/mol. The summed E-state index contributed by atoms with van der Waals surface area (Å²) in [5.41, 5.74) is 11.8. The van der Waals surface area contributed by atoms with Gasteiger partial charge in [-0.1, -0.05) is 133 Å². The van der Waals surface area contributed by atoms with Crippen molar-refractivity contribution < 1.29 is 8.83 Å². The fraction of sp³-hybridized carbons (Fsp3) is 0.0196. The first-order valence-electron chi connectivity index (χ1n) is 19.2. The predicted octanol–water partition coefficient (Wildman–Crippen LogP) is 12.7. The molecule has 1 atom stereocenters. The first kappa shape index (κ1) is 31.6. The summed E-state index contributed by atoms with van der Waals surface area (Å²) in [4.78, 5) is 10.2. The van der Waals surface area contributed by atoms with E-state index in [1.165, 1.54) is 21.8 Å². The van der Waals surface area contributed by atoms with Gasteiger partial charge in [-0.05, 0) is 48.0 Å². The van der Waals surface area contributed by atoms with Crippen molar-refractivity contribution in [2.24, 2.45) is 9.98 Å². The Bertz CT molecular complexity index is 3390. The van der Waals surface area contributed by atoms with Crippen molar-refractivity contribution in [2.45, 2.75) is 6.17 Å². The minimum atomic E-state index is -0.387. The molecule has 0 saturated carbocycles. The van der Waals surface area contributed by atoms with Crippen molar-refractivity contribution >= 4 is 77.4 Å². The van der Waals surface area contributed by atoms with Crippen LogP contribution in [0, 0.1) is 0 Å². The van der Waals surface area contributed by atoms with E-state index >= 15 is 0 Å². The molecule has 268 valence electrons. The molecule has 0 amide bonds. The third kappa shape index (κ3) is 4.97. The number of nitrogens with zero attached hydrogens (tertiary/aromatic N) is 3. The summed E-state index contributed by atoms with van der Waals surface area (Å²) in [6.07, 6.45) is -0.387. The highest BCUT2D eigenvalue weighted by atomic mass is 16.3. The molecule has 0 aliphatic carbocycles. The summed E-state index contributed by atoms with van der Waals surface area (Å²) in [7, 11) is 0. The number of fused-ring (bicyclic) bond motifs is 9. The Morgan fingerprint density at radius 3 is 1.96 bits per heavy atom. The highest BCUT2D eigenvalue weighted by Crippen LogP contribution is 2.42. The Balaban J connectivity index is 0.973.